The molecule has 1 atom stereocenters. The highest BCUT2D eigenvalue weighted by atomic mass is 19.3. The fourth-order valence-electron chi connectivity index (χ4n) is 1.38. The molecule has 0 aliphatic heterocycles. The van der Waals surface area contributed by atoms with Gasteiger partial charge in [-0.05, 0) is 19.1 Å². The largest absolute Gasteiger partial charge is 0.496 e. The number of amides is 1. The lowest BCUT2D eigenvalue weighted by molar-refractivity contribution is -0.00271. The second-order valence-corrected chi connectivity index (χ2v) is 3.82. The van der Waals surface area contributed by atoms with Gasteiger partial charge in [-0.2, -0.15) is 0 Å². The maximum absolute atomic E-state index is 12.1. The van der Waals surface area contributed by atoms with Crippen LogP contribution in [0.25, 0.3) is 0 Å². The average Bonchev–Trinajstić information content (AvgIpc) is 2.35. The first kappa shape index (κ1) is 14.4. The van der Waals surface area contributed by atoms with Crippen LogP contribution in [0.1, 0.15) is 15.9 Å². The number of nitrogens with one attached hydrogen (secondary N) is 1. The van der Waals surface area contributed by atoms with Crippen molar-refractivity contribution in [3.05, 3.63) is 29.3 Å². The van der Waals surface area contributed by atoms with Gasteiger partial charge in [-0.25, -0.2) is 8.78 Å². The summed E-state index contributed by atoms with van der Waals surface area (Å²) in [5.41, 5.74) is 1.09. The zero-order valence-corrected chi connectivity index (χ0v) is 10.1. The van der Waals surface area contributed by atoms with Crippen molar-refractivity contribution in [2.45, 2.75) is 19.5 Å². The molecule has 0 saturated heterocycles. The molecular formula is C12H15F2NO3. The molecule has 6 heteroatoms. The van der Waals surface area contributed by atoms with E-state index in [4.69, 9.17) is 9.84 Å². The van der Waals surface area contributed by atoms with E-state index in [2.05, 4.69) is 5.32 Å². The number of hydrogen-bond acceptors (Lipinski definition) is 3. The first-order valence-corrected chi connectivity index (χ1v) is 5.34. The Labute approximate surface area is 104 Å². The Morgan fingerprint density at radius 1 is 1.50 bits per heavy atom. The van der Waals surface area contributed by atoms with Gasteiger partial charge < -0.3 is 15.2 Å². The van der Waals surface area contributed by atoms with Crippen LogP contribution < -0.4 is 10.1 Å². The summed E-state index contributed by atoms with van der Waals surface area (Å²) in [5, 5.41) is 11.1. The Morgan fingerprint density at radius 3 is 2.72 bits per heavy atom. The minimum Gasteiger partial charge on any atom is -0.496 e. The van der Waals surface area contributed by atoms with Crippen LogP contribution in [0.3, 0.4) is 0 Å². The Kier molecular flexibility index (Phi) is 5.03. The van der Waals surface area contributed by atoms with Crippen molar-refractivity contribution in [1.82, 2.24) is 5.32 Å². The van der Waals surface area contributed by atoms with Crippen LogP contribution in [-0.2, 0) is 0 Å². The van der Waals surface area contributed by atoms with E-state index in [-0.39, 0.29) is 5.56 Å². The lowest BCUT2D eigenvalue weighted by Gasteiger charge is -2.12. The summed E-state index contributed by atoms with van der Waals surface area (Å²) in [6.45, 7) is 1.29. The van der Waals surface area contributed by atoms with Crippen molar-refractivity contribution in [2.75, 3.05) is 13.7 Å². The van der Waals surface area contributed by atoms with E-state index >= 15 is 0 Å². The van der Waals surface area contributed by atoms with Crippen molar-refractivity contribution in [3.8, 4) is 5.75 Å². The van der Waals surface area contributed by atoms with Crippen molar-refractivity contribution in [1.29, 1.82) is 0 Å². The molecule has 18 heavy (non-hydrogen) atoms. The Bertz CT molecular complexity index is 424. The SMILES string of the molecule is COc1ccc(C)cc1C(=O)NCC(O)C(F)F. The Hall–Kier alpha value is -1.69. The first-order chi connectivity index (χ1) is 8.45. The zero-order valence-electron chi connectivity index (χ0n) is 10.1. The minimum atomic E-state index is -2.88. The van der Waals surface area contributed by atoms with E-state index < -0.39 is 25.0 Å². The Morgan fingerprint density at radius 2 is 2.17 bits per heavy atom. The monoisotopic (exact) mass is 259 g/mol. The smallest absolute Gasteiger partial charge is 0.265 e. The molecule has 1 aromatic carbocycles. The van der Waals surface area contributed by atoms with Crippen molar-refractivity contribution >= 4 is 5.91 Å². The number of aliphatic hydroxyl groups is 1. The van der Waals surface area contributed by atoms with E-state index in [9.17, 15) is 13.6 Å². The van der Waals surface area contributed by atoms with E-state index in [1.807, 2.05) is 0 Å². The fraction of sp³-hybridized carbons (Fsp3) is 0.417. The van der Waals surface area contributed by atoms with Crippen LogP contribution >= 0.6 is 0 Å². The van der Waals surface area contributed by atoms with Gasteiger partial charge in [0.1, 0.15) is 11.9 Å². The van der Waals surface area contributed by atoms with Crippen LogP contribution in [0.4, 0.5) is 8.78 Å². The third-order valence-corrected chi connectivity index (χ3v) is 2.36. The normalized spacial score (nSPS) is 12.3. The number of ether oxygens (including phenoxy) is 1. The number of rotatable bonds is 5. The number of alkyl halides is 2. The van der Waals surface area contributed by atoms with Gasteiger partial charge in [0.25, 0.3) is 12.3 Å². The molecule has 1 unspecified atom stereocenters. The molecule has 1 aromatic rings. The number of carbonyl (C=O) groups excluding carboxylic acids is 1. The van der Waals surface area contributed by atoms with Gasteiger partial charge in [-0.15, -0.1) is 0 Å². The number of aryl methyl sites for hydroxylation is 1. The molecule has 100 valence electrons. The number of hydrogen-bond donors (Lipinski definition) is 2. The molecule has 1 amide bonds. The molecule has 0 fully saturated rings. The molecule has 4 nitrogen and oxygen atoms in total. The van der Waals surface area contributed by atoms with Gasteiger partial charge in [-0.1, -0.05) is 11.6 Å². The van der Waals surface area contributed by atoms with Gasteiger partial charge in [0.05, 0.1) is 12.7 Å². The van der Waals surface area contributed by atoms with E-state index in [1.54, 1.807) is 25.1 Å². The van der Waals surface area contributed by atoms with Crippen molar-refractivity contribution in [3.63, 3.8) is 0 Å². The summed E-state index contributed by atoms with van der Waals surface area (Å²) in [4.78, 5) is 11.8. The van der Waals surface area contributed by atoms with E-state index in [0.717, 1.165) is 5.56 Å². The molecule has 2 N–H and O–H groups in total. The second-order valence-electron chi connectivity index (χ2n) is 3.82. The van der Waals surface area contributed by atoms with Crippen LogP contribution in [0.15, 0.2) is 18.2 Å². The van der Waals surface area contributed by atoms with Crippen LogP contribution in [0.5, 0.6) is 5.75 Å². The average molecular weight is 259 g/mol. The lowest BCUT2D eigenvalue weighted by atomic mass is 10.1. The highest BCUT2D eigenvalue weighted by molar-refractivity contribution is 5.97. The quantitative estimate of drug-likeness (QED) is 0.839. The van der Waals surface area contributed by atoms with E-state index in [0.29, 0.717) is 5.75 Å². The van der Waals surface area contributed by atoms with Crippen molar-refractivity contribution in [2.24, 2.45) is 0 Å². The Balaban J connectivity index is 2.75. The molecule has 0 bridgehead atoms. The number of aliphatic hydroxyl groups excluding tert-OH is 1. The summed E-state index contributed by atoms with van der Waals surface area (Å²) in [6, 6.07) is 4.97. The standard InChI is InChI=1S/C12H15F2NO3/c1-7-3-4-10(18-2)8(5-7)12(17)15-6-9(16)11(13)14/h3-5,9,11,16H,6H2,1-2H3,(H,15,17). The highest BCUT2D eigenvalue weighted by Gasteiger charge is 2.19. The lowest BCUT2D eigenvalue weighted by Crippen LogP contribution is -2.36. The minimum absolute atomic E-state index is 0.249. The fourth-order valence-corrected chi connectivity index (χ4v) is 1.38. The summed E-state index contributed by atoms with van der Waals surface area (Å²) in [7, 11) is 1.41. The highest BCUT2D eigenvalue weighted by Crippen LogP contribution is 2.19. The summed E-state index contributed by atoms with van der Waals surface area (Å²) < 4.78 is 29.1. The third kappa shape index (κ3) is 3.66. The van der Waals surface area contributed by atoms with Gasteiger partial charge in [0.2, 0.25) is 0 Å². The van der Waals surface area contributed by atoms with Gasteiger partial charge in [-0.3, -0.25) is 4.79 Å². The van der Waals surface area contributed by atoms with Crippen molar-refractivity contribution < 1.29 is 23.4 Å². The molecule has 0 heterocycles. The summed E-state index contributed by atoms with van der Waals surface area (Å²) in [6.07, 6.45) is -4.76. The van der Waals surface area contributed by atoms with Crippen LogP contribution in [-0.4, -0.2) is 37.2 Å². The molecule has 0 aromatic heterocycles. The summed E-state index contributed by atoms with van der Waals surface area (Å²) in [5.74, 6) is -0.208. The molecule has 0 spiro atoms. The number of carbonyl (C=O) groups is 1. The topological polar surface area (TPSA) is 58.6 Å². The third-order valence-electron chi connectivity index (χ3n) is 2.36. The van der Waals surface area contributed by atoms with Gasteiger partial charge >= 0.3 is 0 Å². The molecular weight excluding hydrogens is 244 g/mol. The zero-order chi connectivity index (χ0) is 13.7. The number of methoxy groups -OCH3 is 1. The van der Waals surface area contributed by atoms with E-state index in [1.165, 1.54) is 7.11 Å². The van der Waals surface area contributed by atoms with Crippen LogP contribution in [0.2, 0.25) is 0 Å². The molecule has 0 radical (unpaired) electrons. The number of benzene rings is 1. The van der Waals surface area contributed by atoms with Crippen LogP contribution in [0, 0.1) is 6.92 Å². The second kappa shape index (κ2) is 6.30. The molecule has 0 saturated carbocycles. The predicted molar refractivity (Wildman–Crippen MR) is 62.1 cm³/mol. The molecule has 1 rings (SSSR count). The molecule has 0 aliphatic carbocycles. The number of halogens is 2. The van der Waals surface area contributed by atoms with Gasteiger partial charge in [0.15, 0.2) is 0 Å². The predicted octanol–water partition coefficient (Wildman–Crippen LogP) is 1.36. The first-order valence-electron chi connectivity index (χ1n) is 5.34. The molecule has 0 aliphatic rings. The summed E-state index contributed by atoms with van der Waals surface area (Å²) >= 11 is 0. The maximum atomic E-state index is 12.1. The van der Waals surface area contributed by atoms with Gasteiger partial charge in [0, 0.05) is 6.54 Å². The maximum Gasteiger partial charge on any atom is 0.265 e.